The van der Waals surface area contributed by atoms with Crippen LogP contribution in [0, 0.1) is 31.0 Å². The van der Waals surface area contributed by atoms with Crippen molar-refractivity contribution >= 4 is 11.6 Å². The third-order valence-electron chi connectivity index (χ3n) is 6.84. The molecule has 3 aromatic heterocycles. The molecule has 0 radical (unpaired) electrons. The van der Waals surface area contributed by atoms with Crippen molar-refractivity contribution in [1.82, 2.24) is 24.5 Å². The number of carbonyl (C=O) groups excluding carboxylic acids is 1. The van der Waals surface area contributed by atoms with Gasteiger partial charge < -0.3 is 19.7 Å². The van der Waals surface area contributed by atoms with Crippen molar-refractivity contribution in [1.29, 1.82) is 5.26 Å². The first-order valence-corrected chi connectivity index (χ1v) is 12.3. The fraction of sp³-hybridized carbons (Fsp3) is 0.333. The highest BCUT2D eigenvalue weighted by Crippen LogP contribution is 2.42. The summed E-state index contributed by atoms with van der Waals surface area (Å²) in [4.78, 5) is 30.4. The van der Waals surface area contributed by atoms with Crippen LogP contribution in [0.25, 0.3) is 0 Å². The number of rotatable bonds is 9. The monoisotopic (exact) mass is 549 g/mol. The van der Waals surface area contributed by atoms with Crippen molar-refractivity contribution in [3.05, 3.63) is 86.4 Å². The minimum Gasteiger partial charge on any atom is -0.501 e. The largest absolute Gasteiger partial charge is 0.501 e. The van der Waals surface area contributed by atoms with Gasteiger partial charge in [-0.3, -0.25) is 18.8 Å². The van der Waals surface area contributed by atoms with Crippen molar-refractivity contribution in [2.24, 2.45) is 7.05 Å². The number of nitrogens with one attached hydrogen (secondary N) is 1. The van der Waals surface area contributed by atoms with Crippen LogP contribution in [0.15, 0.2) is 40.0 Å². The van der Waals surface area contributed by atoms with Crippen LogP contribution in [0.2, 0.25) is 0 Å². The van der Waals surface area contributed by atoms with E-state index in [2.05, 4.69) is 26.6 Å². The Bertz CT molecular complexity index is 1650. The van der Waals surface area contributed by atoms with Crippen molar-refractivity contribution < 1.29 is 23.6 Å². The van der Waals surface area contributed by atoms with Gasteiger partial charge in [0.1, 0.15) is 23.6 Å². The van der Waals surface area contributed by atoms with E-state index in [0.717, 1.165) is 10.3 Å². The molecule has 3 heterocycles. The molecule has 2 N–H and O–H groups in total. The highest BCUT2D eigenvalue weighted by Gasteiger charge is 2.34. The molecule has 1 amide bonds. The Kier molecular flexibility index (Phi) is 8.11. The molecule has 4 aromatic rings. The van der Waals surface area contributed by atoms with Crippen LogP contribution >= 0.6 is 0 Å². The Hall–Kier alpha value is -4.83. The summed E-state index contributed by atoms with van der Waals surface area (Å²) in [6, 6.07) is 6.00. The highest BCUT2D eigenvalue weighted by atomic mass is 19.1. The lowest BCUT2D eigenvalue weighted by atomic mass is 9.78. The summed E-state index contributed by atoms with van der Waals surface area (Å²) in [5.41, 5.74) is 1.54. The number of anilines is 1. The summed E-state index contributed by atoms with van der Waals surface area (Å²) in [6.07, 6.45) is 2.42. The molecule has 12 nitrogen and oxygen atoms in total. The van der Waals surface area contributed by atoms with Gasteiger partial charge in [0.15, 0.2) is 5.69 Å². The number of benzene rings is 1. The van der Waals surface area contributed by atoms with E-state index in [9.17, 15) is 24.3 Å². The van der Waals surface area contributed by atoms with Gasteiger partial charge in [-0.05, 0) is 37.6 Å². The summed E-state index contributed by atoms with van der Waals surface area (Å²) in [5.74, 6) is -3.53. The lowest BCUT2D eigenvalue weighted by Gasteiger charge is -2.27. The second-order valence-electron chi connectivity index (χ2n) is 9.31. The maximum absolute atomic E-state index is 14.6. The highest BCUT2D eigenvalue weighted by molar-refractivity contribution is 6.04. The third kappa shape index (κ3) is 5.21. The number of nitrogens with zero attached hydrogens (tertiary/aromatic N) is 6. The van der Waals surface area contributed by atoms with E-state index in [1.54, 1.807) is 25.6 Å². The predicted molar refractivity (Wildman–Crippen MR) is 141 cm³/mol. The molecule has 208 valence electrons. The number of ether oxygens (including phenoxy) is 1. The Morgan fingerprint density at radius 1 is 1.35 bits per heavy atom. The van der Waals surface area contributed by atoms with Gasteiger partial charge in [-0.2, -0.15) is 10.4 Å². The van der Waals surface area contributed by atoms with Gasteiger partial charge in [0.2, 0.25) is 5.75 Å². The van der Waals surface area contributed by atoms with E-state index in [-0.39, 0.29) is 17.1 Å². The van der Waals surface area contributed by atoms with Crippen LogP contribution in [0.4, 0.5) is 10.1 Å². The molecular weight excluding hydrogens is 521 g/mol. The van der Waals surface area contributed by atoms with Crippen LogP contribution < -0.4 is 10.9 Å². The van der Waals surface area contributed by atoms with E-state index in [0.29, 0.717) is 30.0 Å². The van der Waals surface area contributed by atoms with Gasteiger partial charge in [-0.25, -0.2) is 9.37 Å². The number of carbonyl (C=O) groups is 1. The summed E-state index contributed by atoms with van der Waals surface area (Å²) in [6.45, 7) is 6.28. The van der Waals surface area contributed by atoms with E-state index in [1.165, 1.54) is 37.7 Å². The molecule has 0 aliphatic heterocycles. The average molecular weight is 550 g/mol. The standard InChI is InChI=1S/C27H28FN7O5/c1-14(25-32-23(24(36)27(38)34(25)4)26(37)31-19-12-30-40-13-19)21(20-10-18(28)7-6-17(20)11-29)22-15(2)33-35(16(22)3)8-9-39-5/h6-7,10,12-14,21,36H,8-9H2,1-5H3,(H,31,37). The van der Waals surface area contributed by atoms with E-state index < -0.39 is 40.6 Å². The SMILES string of the molecule is COCCn1nc(C)c(C(c2cc(F)ccc2C#N)C(C)c2nc(C(=O)Nc3cnoc3)c(O)c(=O)n2C)c1C. The second-order valence-corrected chi connectivity index (χ2v) is 9.31. The molecule has 0 aliphatic rings. The van der Waals surface area contributed by atoms with E-state index >= 15 is 0 Å². The molecule has 0 saturated carbocycles. The zero-order valence-electron chi connectivity index (χ0n) is 22.6. The summed E-state index contributed by atoms with van der Waals surface area (Å²) in [7, 11) is 3.00. The normalized spacial score (nSPS) is 12.6. The van der Waals surface area contributed by atoms with E-state index in [1.807, 2.05) is 6.92 Å². The van der Waals surface area contributed by atoms with Crippen molar-refractivity contribution in [2.45, 2.75) is 39.2 Å². The smallest absolute Gasteiger partial charge is 0.296 e. The molecule has 2 unspecified atom stereocenters. The topological polar surface area (TPSA) is 161 Å². The van der Waals surface area contributed by atoms with Gasteiger partial charge in [-0.15, -0.1) is 0 Å². The van der Waals surface area contributed by atoms with Gasteiger partial charge in [0.25, 0.3) is 11.5 Å². The number of nitriles is 1. The molecule has 1 aromatic carbocycles. The van der Waals surface area contributed by atoms with Crippen molar-refractivity contribution in [3.8, 4) is 11.8 Å². The Morgan fingerprint density at radius 2 is 2.10 bits per heavy atom. The lowest BCUT2D eigenvalue weighted by molar-refractivity contribution is 0.101. The molecule has 13 heteroatoms. The number of aromatic nitrogens is 5. The lowest BCUT2D eigenvalue weighted by Crippen LogP contribution is -2.30. The zero-order chi connectivity index (χ0) is 29.1. The van der Waals surface area contributed by atoms with Crippen molar-refractivity contribution in [3.63, 3.8) is 0 Å². The minimum absolute atomic E-state index is 0.125. The number of hydrogen-bond acceptors (Lipinski definition) is 9. The molecular formula is C27H28FN7O5. The first-order valence-electron chi connectivity index (χ1n) is 12.3. The number of methoxy groups -OCH3 is 1. The summed E-state index contributed by atoms with van der Waals surface area (Å²) >= 11 is 0. The van der Waals surface area contributed by atoms with Crippen LogP contribution in [-0.4, -0.2) is 49.2 Å². The number of hydrogen-bond donors (Lipinski definition) is 2. The minimum atomic E-state index is -0.855. The maximum atomic E-state index is 14.6. The Morgan fingerprint density at radius 3 is 2.75 bits per heavy atom. The molecule has 4 rings (SSSR count). The molecule has 40 heavy (non-hydrogen) atoms. The van der Waals surface area contributed by atoms with Crippen LogP contribution in [0.3, 0.4) is 0 Å². The number of aromatic hydroxyl groups is 1. The molecule has 0 spiro atoms. The number of halogens is 1. The number of aryl methyl sites for hydroxylation is 1. The van der Waals surface area contributed by atoms with Gasteiger partial charge >= 0.3 is 0 Å². The predicted octanol–water partition coefficient (Wildman–Crippen LogP) is 3.13. The van der Waals surface area contributed by atoms with Gasteiger partial charge in [-0.1, -0.05) is 12.1 Å². The average Bonchev–Trinajstić information content (AvgIpc) is 3.54. The fourth-order valence-electron chi connectivity index (χ4n) is 4.90. The molecule has 0 saturated heterocycles. The summed E-state index contributed by atoms with van der Waals surface area (Å²) in [5, 5.41) is 31.1. The van der Waals surface area contributed by atoms with E-state index in [4.69, 9.17) is 9.26 Å². The zero-order valence-corrected chi connectivity index (χ0v) is 22.6. The van der Waals surface area contributed by atoms with Crippen LogP contribution in [-0.2, 0) is 18.3 Å². The van der Waals surface area contributed by atoms with Gasteiger partial charge in [0.05, 0.1) is 36.7 Å². The fourth-order valence-corrected chi connectivity index (χ4v) is 4.90. The third-order valence-corrected chi connectivity index (χ3v) is 6.84. The molecule has 0 fully saturated rings. The van der Waals surface area contributed by atoms with Gasteiger partial charge in [0, 0.05) is 37.3 Å². The first-order chi connectivity index (χ1) is 19.1. The number of amides is 1. The maximum Gasteiger partial charge on any atom is 0.296 e. The molecule has 0 aliphatic carbocycles. The Labute approximate surface area is 228 Å². The second kappa shape index (κ2) is 11.5. The summed E-state index contributed by atoms with van der Waals surface area (Å²) < 4.78 is 27.4. The molecule has 0 bridgehead atoms. The first kappa shape index (κ1) is 28.2. The molecule has 2 atom stereocenters. The Balaban J connectivity index is 1.93. The van der Waals surface area contributed by atoms with Crippen LogP contribution in [0.5, 0.6) is 5.75 Å². The van der Waals surface area contributed by atoms with Crippen molar-refractivity contribution in [2.75, 3.05) is 19.0 Å². The quantitative estimate of drug-likeness (QED) is 0.319. The van der Waals surface area contributed by atoms with Crippen LogP contribution in [0.1, 0.15) is 63.2 Å².